The van der Waals surface area contributed by atoms with E-state index < -0.39 is 16.4 Å². The number of nitro groups is 1. The second kappa shape index (κ2) is 6.93. The molecule has 0 unspecified atom stereocenters. The number of nitrogens with one attached hydrogen (secondary N) is 1. The summed E-state index contributed by atoms with van der Waals surface area (Å²) >= 11 is 0. The Morgan fingerprint density at radius 3 is 2.54 bits per heavy atom. The van der Waals surface area contributed by atoms with Crippen LogP contribution in [0.4, 0.5) is 11.4 Å². The standard InChI is InChI=1S/C18H25N3O5/c1-17(2,3)11-18(4,5)19-15(22)9-20-13-8-12(21(24)25)6-7-14(13)26-10-16(20)23/h6-8H,9-11H2,1-5H3,(H,19,22). The fourth-order valence-electron chi connectivity index (χ4n) is 3.41. The smallest absolute Gasteiger partial charge is 0.271 e. The summed E-state index contributed by atoms with van der Waals surface area (Å²) in [6.45, 7) is 9.69. The topological polar surface area (TPSA) is 102 Å². The van der Waals surface area contributed by atoms with Crippen molar-refractivity contribution in [3.05, 3.63) is 28.3 Å². The van der Waals surface area contributed by atoms with E-state index in [2.05, 4.69) is 26.1 Å². The van der Waals surface area contributed by atoms with Gasteiger partial charge in [0.1, 0.15) is 12.3 Å². The number of anilines is 1. The normalized spacial score (nSPS) is 14.5. The van der Waals surface area contributed by atoms with Crippen molar-refractivity contribution in [3.8, 4) is 5.75 Å². The monoisotopic (exact) mass is 363 g/mol. The lowest BCUT2D eigenvalue weighted by atomic mass is 9.82. The van der Waals surface area contributed by atoms with Crippen LogP contribution in [0.1, 0.15) is 41.0 Å². The zero-order chi connectivity index (χ0) is 19.7. The first kappa shape index (κ1) is 19.7. The number of non-ortho nitro benzene ring substituents is 1. The maximum absolute atomic E-state index is 12.5. The molecule has 0 bridgehead atoms. The molecule has 0 aliphatic carbocycles. The van der Waals surface area contributed by atoms with Crippen molar-refractivity contribution < 1.29 is 19.2 Å². The molecule has 0 fully saturated rings. The van der Waals surface area contributed by atoms with Crippen LogP contribution in [0.5, 0.6) is 5.75 Å². The molecule has 0 atom stereocenters. The molecule has 26 heavy (non-hydrogen) atoms. The van der Waals surface area contributed by atoms with Crippen LogP contribution in [0.15, 0.2) is 18.2 Å². The molecule has 8 nitrogen and oxygen atoms in total. The largest absolute Gasteiger partial charge is 0.482 e. The molecule has 2 amide bonds. The van der Waals surface area contributed by atoms with Gasteiger partial charge in [-0.25, -0.2) is 0 Å². The van der Waals surface area contributed by atoms with E-state index in [-0.39, 0.29) is 35.8 Å². The Balaban J connectivity index is 2.19. The number of rotatable bonds is 5. The van der Waals surface area contributed by atoms with Gasteiger partial charge in [-0.2, -0.15) is 0 Å². The molecule has 1 aromatic rings. The second-order valence-electron chi connectivity index (χ2n) is 8.35. The number of benzene rings is 1. The molecule has 1 N–H and O–H groups in total. The van der Waals surface area contributed by atoms with Gasteiger partial charge >= 0.3 is 0 Å². The molecule has 0 aromatic heterocycles. The average Bonchev–Trinajstić information content (AvgIpc) is 2.46. The van der Waals surface area contributed by atoms with Gasteiger partial charge in [0.25, 0.3) is 11.6 Å². The van der Waals surface area contributed by atoms with Crippen molar-refractivity contribution >= 4 is 23.2 Å². The first-order valence-corrected chi connectivity index (χ1v) is 8.41. The Hall–Kier alpha value is -2.64. The third kappa shape index (κ3) is 4.93. The number of hydrogen-bond donors (Lipinski definition) is 1. The number of carbonyl (C=O) groups excluding carboxylic acids is 2. The number of hydrogen-bond acceptors (Lipinski definition) is 5. The molecule has 1 aliphatic rings. The highest BCUT2D eigenvalue weighted by Crippen LogP contribution is 2.35. The number of amides is 2. The van der Waals surface area contributed by atoms with Crippen LogP contribution in [0, 0.1) is 15.5 Å². The summed E-state index contributed by atoms with van der Waals surface area (Å²) in [5.41, 5.74) is -0.352. The van der Waals surface area contributed by atoms with E-state index >= 15 is 0 Å². The van der Waals surface area contributed by atoms with E-state index in [9.17, 15) is 19.7 Å². The molecule has 0 saturated heterocycles. The van der Waals surface area contributed by atoms with E-state index in [0.717, 1.165) is 6.42 Å². The fraction of sp³-hybridized carbons (Fsp3) is 0.556. The number of nitrogens with zero attached hydrogens (tertiary/aromatic N) is 2. The zero-order valence-corrected chi connectivity index (χ0v) is 15.8. The molecule has 1 aliphatic heterocycles. The molecule has 8 heteroatoms. The highest BCUT2D eigenvalue weighted by molar-refractivity contribution is 6.02. The van der Waals surface area contributed by atoms with Crippen molar-refractivity contribution in [1.82, 2.24) is 5.32 Å². The minimum atomic E-state index is -0.552. The molecule has 2 rings (SSSR count). The average molecular weight is 363 g/mol. The summed E-state index contributed by atoms with van der Waals surface area (Å²) in [6, 6.07) is 3.99. The summed E-state index contributed by atoms with van der Waals surface area (Å²) in [7, 11) is 0. The SMILES string of the molecule is CC(C)(C)CC(C)(C)NC(=O)CN1C(=O)COc2ccc([N+](=O)[O-])cc21. The van der Waals surface area contributed by atoms with E-state index in [1.165, 1.54) is 23.1 Å². The zero-order valence-electron chi connectivity index (χ0n) is 15.8. The molecule has 142 valence electrons. The van der Waals surface area contributed by atoms with Crippen molar-refractivity contribution in [3.63, 3.8) is 0 Å². The number of nitro benzene ring substituents is 1. The molecule has 0 spiro atoms. The lowest BCUT2D eigenvalue weighted by Gasteiger charge is -2.35. The highest BCUT2D eigenvalue weighted by atomic mass is 16.6. The third-order valence-electron chi connectivity index (χ3n) is 3.85. The molecule has 1 heterocycles. The van der Waals surface area contributed by atoms with Crippen molar-refractivity contribution in [2.45, 2.75) is 46.6 Å². The Bertz CT molecular complexity index is 737. The minimum Gasteiger partial charge on any atom is -0.482 e. The van der Waals surface area contributed by atoms with Gasteiger partial charge < -0.3 is 10.1 Å². The molecular weight excluding hydrogens is 338 g/mol. The Morgan fingerprint density at radius 2 is 1.96 bits per heavy atom. The van der Waals surface area contributed by atoms with E-state index in [0.29, 0.717) is 5.75 Å². The fourth-order valence-corrected chi connectivity index (χ4v) is 3.41. The Morgan fingerprint density at radius 1 is 1.31 bits per heavy atom. The number of ether oxygens (including phenoxy) is 1. The van der Waals surface area contributed by atoms with E-state index in [4.69, 9.17) is 4.74 Å². The molecular formula is C18H25N3O5. The van der Waals surface area contributed by atoms with Crippen LogP contribution in [0.25, 0.3) is 0 Å². The van der Waals surface area contributed by atoms with Crippen LogP contribution in [0.2, 0.25) is 0 Å². The van der Waals surface area contributed by atoms with Gasteiger partial charge in [0.15, 0.2) is 6.61 Å². The van der Waals surface area contributed by atoms with Gasteiger partial charge in [-0.3, -0.25) is 24.6 Å². The minimum absolute atomic E-state index is 0.0266. The van der Waals surface area contributed by atoms with Crippen molar-refractivity contribution in [1.29, 1.82) is 0 Å². The van der Waals surface area contributed by atoms with Crippen LogP contribution >= 0.6 is 0 Å². The van der Waals surface area contributed by atoms with E-state index in [1.54, 1.807) is 0 Å². The Labute approximate surface area is 152 Å². The van der Waals surface area contributed by atoms with Gasteiger partial charge in [0.05, 0.1) is 10.6 Å². The van der Waals surface area contributed by atoms with Gasteiger partial charge in [-0.1, -0.05) is 20.8 Å². The van der Waals surface area contributed by atoms with Crippen LogP contribution < -0.4 is 15.0 Å². The second-order valence-corrected chi connectivity index (χ2v) is 8.35. The van der Waals surface area contributed by atoms with Crippen LogP contribution in [-0.4, -0.2) is 35.4 Å². The van der Waals surface area contributed by atoms with E-state index in [1.807, 2.05) is 13.8 Å². The summed E-state index contributed by atoms with van der Waals surface area (Å²) in [5.74, 6) is -0.398. The van der Waals surface area contributed by atoms with Gasteiger partial charge in [0.2, 0.25) is 5.91 Å². The first-order valence-electron chi connectivity index (χ1n) is 8.41. The van der Waals surface area contributed by atoms with Gasteiger partial charge in [0, 0.05) is 17.7 Å². The summed E-state index contributed by atoms with van der Waals surface area (Å²) < 4.78 is 5.30. The van der Waals surface area contributed by atoms with Gasteiger partial charge in [-0.05, 0) is 31.7 Å². The highest BCUT2D eigenvalue weighted by Gasteiger charge is 2.32. The quantitative estimate of drug-likeness (QED) is 0.640. The first-order chi connectivity index (χ1) is 11.9. The molecule has 0 radical (unpaired) electrons. The Kier molecular flexibility index (Phi) is 5.25. The third-order valence-corrected chi connectivity index (χ3v) is 3.85. The summed E-state index contributed by atoms with van der Waals surface area (Å²) in [5, 5.41) is 13.9. The number of fused-ring (bicyclic) bond motifs is 1. The predicted molar refractivity (Wildman–Crippen MR) is 97.2 cm³/mol. The van der Waals surface area contributed by atoms with Crippen LogP contribution in [-0.2, 0) is 9.59 Å². The maximum Gasteiger partial charge on any atom is 0.271 e. The summed E-state index contributed by atoms with van der Waals surface area (Å²) in [6.07, 6.45) is 0.755. The number of carbonyl (C=O) groups is 2. The lowest BCUT2D eigenvalue weighted by molar-refractivity contribution is -0.384. The molecule has 0 saturated carbocycles. The van der Waals surface area contributed by atoms with Crippen molar-refractivity contribution in [2.75, 3.05) is 18.1 Å². The molecule has 1 aromatic carbocycles. The lowest BCUT2D eigenvalue weighted by Crippen LogP contribution is -2.51. The van der Waals surface area contributed by atoms with Gasteiger partial charge in [-0.15, -0.1) is 0 Å². The van der Waals surface area contributed by atoms with Crippen molar-refractivity contribution in [2.24, 2.45) is 5.41 Å². The maximum atomic E-state index is 12.5. The summed E-state index contributed by atoms with van der Waals surface area (Å²) in [4.78, 5) is 36.4. The van der Waals surface area contributed by atoms with Crippen LogP contribution in [0.3, 0.4) is 0 Å². The predicted octanol–water partition coefficient (Wildman–Crippen LogP) is 2.65.